The van der Waals surface area contributed by atoms with Gasteiger partial charge in [-0.25, -0.2) is 14.4 Å². The molecule has 0 saturated heterocycles. The van der Waals surface area contributed by atoms with Gasteiger partial charge in [0.25, 0.3) is 0 Å². The predicted molar refractivity (Wildman–Crippen MR) is 139 cm³/mol. The Hall–Kier alpha value is -5.13. The number of ether oxygens (including phenoxy) is 6. The first kappa shape index (κ1) is 31.9. The Morgan fingerprint density at radius 1 is 0.538 bits per heavy atom. The first-order valence-corrected chi connectivity index (χ1v) is 10.9. The number of hydrogen-bond donors (Lipinski definition) is 3. The molecule has 0 atom stereocenters. The van der Waals surface area contributed by atoms with Crippen molar-refractivity contribution in [2.45, 2.75) is 0 Å². The number of rotatable bonds is 8. The molecule has 39 heavy (non-hydrogen) atoms. The number of methoxy groups -OCH3 is 6. The topological polar surface area (TPSA) is 167 Å². The van der Waals surface area contributed by atoms with Gasteiger partial charge in [-0.1, -0.05) is 0 Å². The number of carbonyl (C=O) groups is 3. The molecule has 0 aliphatic heterocycles. The van der Waals surface area contributed by atoms with Crippen LogP contribution in [0.25, 0.3) is 0 Å². The molecular formula is C27H30O12. The van der Waals surface area contributed by atoms with E-state index < -0.39 is 17.9 Å². The molecule has 0 spiro atoms. The number of hydrogen-bond acceptors (Lipinski definition) is 10. The average Bonchev–Trinajstić information content (AvgIpc) is 2.96. The molecule has 0 radical (unpaired) electrons. The Kier molecular flexibility index (Phi) is 13.0. The van der Waals surface area contributed by atoms with Gasteiger partial charge in [0.05, 0.1) is 59.3 Å². The number of carbonyl (C=O) groups excluding carboxylic acids is 1. The number of phenolic OH excluding ortho intramolecular Hbond substituents is 1. The highest BCUT2D eigenvalue weighted by Crippen LogP contribution is 2.28. The molecule has 0 fully saturated rings. The molecule has 3 rings (SSSR count). The zero-order valence-electron chi connectivity index (χ0n) is 22.2. The van der Waals surface area contributed by atoms with Gasteiger partial charge in [-0.15, -0.1) is 0 Å². The Morgan fingerprint density at radius 2 is 1.00 bits per heavy atom. The molecule has 3 N–H and O–H groups in total. The van der Waals surface area contributed by atoms with Crippen molar-refractivity contribution in [1.82, 2.24) is 0 Å². The Morgan fingerprint density at radius 3 is 1.38 bits per heavy atom. The molecule has 0 aliphatic carbocycles. The van der Waals surface area contributed by atoms with E-state index in [-0.39, 0.29) is 22.6 Å². The largest absolute Gasteiger partial charge is 0.504 e. The van der Waals surface area contributed by atoms with Crippen molar-refractivity contribution < 1.29 is 58.1 Å². The van der Waals surface area contributed by atoms with Crippen LogP contribution in [0.15, 0.2) is 54.6 Å². The lowest BCUT2D eigenvalue weighted by Gasteiger charge is -2.07. The van der Waals surface area contributed by atoms with E-state index in [1.807, 2.05) is 0 Å². The summed E-state index contributed by atoms with van der Waals surface area (Å²) in [5.41, 5.74) is 0.620. The number of aromatic hydroxyl groups is 1. The van der Waals surface area contributed by atoms with Gasteiger partial charge in [0.2, 0.25) is 0 Å². The van der Waals surface area contributed by atoms with Gasteiger partial charge >= 0.3 is 17.9 Å². The summed E-state index contributed by atoms with van der Waals surface area (Å²) in [7, 11) is 8.73. The van der Waals surface area contributed by atoms with E-state index in [1.165, 1.54) is 66.9 Å². The fraction of sp³-hybridized carbons (Fsp3) is 0.222. The summed E-state index contributed by atoms with van der Waals surface area (Å²) in [5.74, 6) is -0.321. The quantitative estimate of drug-likeness (QED) is 0.348. The second-order valence-electron chi connectivity index (χ2n) is 7.16. The molecule has 12 nitrogen and oxygen atoms in total. The zero-order chi connectivity index (χ0) is 29.5. The number of carboxylic acids is 2. The van der Waals surface area contributed by atoms with Crippen LogP contribution in [0.2, 0.25) is 0 Å². The van der Waals surface area contributed by atoms with Crippen LogP contribution in [0.3, 0.4) is 0 Å². The van der Waals surface area contributed by atoms with Gasteiger partial charge in [-0.2, -0.15) is 0 Å². The number of esters is 1. The van der Waals surface area contributed by atoms with Crippen LogP contribution < -0.4 is 23.7 Å². The molecule has 0 heterocycles. The smallest absolute Gasteiger partial charge is 0.338 e. The molecule has 0 aliphatic rings. The van der Waals surface area contributed by atoms with Gasteiger partial charge < -0.3 is 43.7 Å². The second kappa shape index (κ2) is 15.9. The third-order valence-electron chi connectivity index (χ3n) is 4.83. The summed E-state index contributed by atoms with van der Waals surface area (Å²) in [6.07, 6.45) is 0. The summed E-state index contributed by atoms with van der Waals surface area (Å²) >= 11 is 0. The second-order valence-corrected chi connectivity index (χ2v) is 7.16. The van der Waals surface area contributed by atoms with Crippen LogP contribution in [-0.4, -0.2) is 75.9 Å². The van der Waals surface area contributed by atoms with E-state index in [9.17, 15) is 14.4 Å². The van der Waals surface area contributed by atoms with Crippen molar-refractivity contribution in [3.8, 4) is 34.5 Å². The summed E-state index contributed by atoms with van der Waals surface area (Å²) in [5, 5.41) is 26.3. The van der Waals surface area contributed by atoms with Crippen molar-refractivity contribution in [2.75, 3.05) is 42.7 Å². The van der Waals surface area contributed by atoms with Crippen molar-refractivity contribution in [3.05, 3.63) is 71.3 Å². The van der Waals surface area contributed by atoms with Crippen LogP contribution in [0.4, 0.5) is 0 Å². The molecule has 0 saturated carbocycles. The number of benzene rings is 3. The van der Waals surface area contributed by atoms with Crippen LogP contribution in [0.1, 0.15) is 31.1 Å². The molecule has 3 aromatic rings. The fourth-order valence-corrected chi connectivity index (χ4v) is 2.84. The number of carboxylic acid groups (broad SMARTS) is 2. The molecule has 0 amide bonds. The Balaban J connectivity index is 0.000000293. The summed E-state index contributed by atoms with van der Waals surface area (Å²) in [4.78, 5) is 32.2. The Bertz CT molecular complexity index is 1250. The molecule has 3 aromatic carbocycles. The van der Waals surface area contributed by atoms with Crippen LogP contribution >= 0.6 is 0 Å². The maximum atomic E-state index is 11.2. The van der Waals surface area contributed by atoms with E-state index in [1.54, 1.807) is 24.3 Å². The lowest BCUT2D eigenvalue weighted by molar-refractivity contribution is 0.0598. The van der Waals surface area contributed by atoms with Gasteiger partial charge in [0.15, 0.2) is 23.0 Å². The third-order valence-corrected chi connectivity index (χ3v) is 4.83. The monoisotopic (exact) mass is 546 g/mol. The lowest BCUT2D eigenvalue weighted by Crippen LogP contribution is -2.02. The predicted octanol–water partition coefficient (Wildman–Crippen LogP) is 3.99. The first-order chi connectivity index (χ1) is 18.5. The van der Waals surface area contributed by atoms with Crippen LogP contribution in [0.5, 0.6) is 34.5 Å². The minimum Gasteiger partial charge on any atom is -0.504 e. The number of aromatic carboxylic acids is 2. The van der Waals surface area contributed by atoms with E-state index in [0.717, 1.165) is 6.07 Å². The van der Waals surface area contributed by atoms with Crippen molar-refractivity contribution in [3.63, 3.8) is 0 Å². The van der Waals surface area contributed by atoms with Gasteiger partial charge in [0, 0.05) is 6.07 Å². The minimum absolute atomic E-state index is 0.0355. The molecule has 0 aromatic heterocycles. The highest BCUT2D eigenvalue weighted by Gasteiger charge is 2.10. The molecular weight excluding hydrogens is 516 g/mol. The third kappa shape index (κ3) is 9.69. The van der Waals surface area contributed by atoms with Crippen LogP contribution in [-0.2, 0) is 4.74 Å². The standard InChI is InChI=1S/C10H12O4.C9H10O4.C8H8O4/c1-12-8-4-7(10(11)14-3)5-9(6-8)13-2;1-12-7-4-3-6(9(10)11)5-8(7)13-2;1-12-7-3-2-5(8(10)11)4-6(7)9/h4-6H,1-3H3;3-5H,1-2H3,(H,10,11);2-4,9H,1H3,(H,10,11). The van der Waals surface area contributed by atoms with Gasteiger partial charge in [0.1, 0.15) is 11.5 Å². The maximum Gasteiger partial charge on any atom is 0.338 e. The van der Waals surface area contributed by atoms with Crippen molar-refractivity contribution in [2.24, 2.45) is 0 Å². The highest BCUT2D eigenvalue weighted by atomic mass is 16.5. The normalized spacial score (nSPS) is 9.38. The molecule has 0 bridgehead atoms. The van der Waals surface area contributed by atoms with Crippen molar-refractivity contribution >= 4 is 17.9 Å². The maximum absolute atomic E-state index is 11.2. The number of phenols is 1. The van der Waals surface area contributed by atoms with E-state index in [2.05, 4.69) is 4.74 Å². The SMILES string of the molecule is COC(=O)c1cc(OC)cc(OC)c1.COc1ccc(C(=O)O)cc1O.COc1ccc(C(=O)O)cc1OC. The molecule has 0 unspecified atom stereocenters. The van der Waals surface area contributed by atoms with Crippen LogP contribution in [0, 0.1) is 0 Å². The van der Waals surface area contributed by atoms with E-state index >= 15 is 0 Å². The lowest BCUT2D eigenvalue weighted by atomic mass is 10.2. The first-order valence-electron chi connectivity index (χ1n) is 10.9. The highest BCUT2D eigenvalue weighted by molar-refractivity contribution is 5.90. The molecule has 210 valence electrons. The van der Waals surface area contributed by atoms with E-state index in [0.29, 0.717) is 28.6 Å². The Labute approximate surface area is 224 Å². The summed E-state index contributed by atoms with van der Waals surface area (Å²) < 4.78 is 29.2. The van der Waals surface area contributed by atoms with Gasteiger partial charge in [-0.3, -0.25) is 0 Å². The minimum atomic E-state index is -1.08. The van der Waals surface area contributed by atoms with Crippen molar-refractivity contribution in [1.29, 1.82) is 0 Å². The summed E-state index contributed by atoms with van der Waals surface area (Å²) in [6, 6.07) is 13.2. The van der Waals surface area contributed by atoms with Gasteiger partial charge in [-0.05, 0) is 48.5 Å². The fourth-order valence-electron chi connectivity index (χ4n) is 2.84. The average molecular weight is 547 g/mol. The summed E-state index contributed by atoms with van der Waals surface area (Å²) in [6.45, 7) is 0. The van der Waals surface area contributed by atoms with E-state index in [4.69, 9.17) is 39.0 Å². The zero-order valence-corrected chi connectivity index (χ0v) is 22.2. The molecule has 12 heteroatoms.